The SMILES string of the molecule is O=C(O)C1=C(CF)NC2=C(C(=O)OC2)C1c1cc(F)cc(F)c1CC(F)F. The molecule has 144 valence electrons. The van der Waals surface area contributed by atoms with E-state index >= 15 is 0 Å². The molecule has 0 aliphatic carbocycles. The first-order valence-corrected chi connectivity index (χ1v) is 7.70. The van der Waals surface area contributed by atoms with Gasteiger partial charge in [-0.2, -0.15) is 0 Å². The molecule has 3 rings (SSSR count). The van der Waals surface area contributed by atoms with E-state index in [4.69, 9.17) is 4.74 Å². The van der Waals surface area contributed by atoms with E-state index in [9.17, 15) is 36.6 Å². The first-order chi connectivity index (χ1) is 12.7. The van der Waals surface area contributed by atoms with Gasteiger partial charge in [-0.1, -0.05) is 0 Å². The Balaban J connectivity index is 2.31. The molecule has 10 heteroatoms. The van der Waals surface area contributed by atoms with E-state index in [1.807, 2.05) is 0 Å². The standard InChI is InChI=1S/C17H12F5NO4/c18-4-10-14(16(24)25)13(15-11(23-10)5-27-17(15)26)8-1-6(19)2-9(20)7(8)3-12(21)22/h1-2,12-13,23H,3-5H2,(H,24,25). The van der Waals surface area contributed by atoms with Crippen LogP contribution in [0.5, 0.6) is 0 Å². The maximum Gasteiger partial charge on any atom is 0.337 e. The van der Waals surface area contributed by atoms with Crippen molar-refractivity contribution in [3.05, 3.63) is 57.4 Å². The minimum atomic E-state index is -3.02. The highest BCUT2D eigenvalue weighted by Gasteiger charge is 2.43. The lowest BCUT2D eigenvalue weighted by molar-refractivity contribution is -0.136. The molecule has 2 heterocycles. The van der Waals surface area contributed by atoms with Gasteiger partial charge in [0.05, 0.1) is 28.5 Å². The van der Waals surface area contributed by atoms with Crippen LogP contribution in [-0.2, 0) is 20.7 Å². The molecule has 1 aromatic carbocycles. The van der Waals surface area contributed by atoms with E-state index in [0.717, 1.165) is 0 Å². The average molecular weight is 389 g/mol. The number of ether oxygens (including phenoxy) is 1. The first kappa shape index (κ1) is 18.9. The van der Waals surface area contributed by atoms with Gasteiger partial charge < -0.3 is 15.2 Å². The lowest BCUT2D eigenvalue weighted by Gasteiger charge is -2.28. The number of carbonyl (C=O) groups is 2. The van der Waals surface area contributed by atoms with E-state index in [1.54, 1.807) is 0 Å². The zero-order valence-electron chi connectivity index (χ0n) is 13.5. The number of allylic oxidation sites excluding steroid dienone is 1. The van der Waals surface area contributed by atoms with E-state index in [-0.39, 0.29) is 17.9 Å². The third-order valence-corrected chi connectivity index (χ3v) is 4.33. The number of esters is 1. The van der Waals surface area contributed by atoms with Crippen molar-refractivity contribution in [2.24, 2.45) is 0 Å². The second-order valence-electron chi connectivity index (χ2n) is 5.91. The number of hydrogen-bond donors (Lipinski definition) is 2. The predicted octanol–water partition coefficient (Wildman–Crippen LogP) is 2.58. The summed E-state index contributed by atoms with van der Waals surface area (Å²) in [6.45, 7) is -1.62. The van der Waals surface area contributed by atoms with Gasteiger partial charge >= 0.3 is 11.9 Å². The number of carboxylic acid groups (broad SMARTS) is 1. The van der Waals surface area contributed by atoms with Crippen LogP contribution in [0.25, 0.3) is 0 Å². The van der Waals surface area contributed by atoms with Gasteiger partial charge in [-0.05, 0) is 17.2 Å². The number of alkyl halides is 3. The lowest BCUT2D eigenvalue weighted by atomic mass is 9.78. The number of rotatable bonds is 5. The van der Waals surface area contributed by atoms with Crippen LogP contribution in [0, 0.1) is 11.6 Å². The number of aliphatic carboxylic acids is 1. The summed E-state index contributed by atoms with van der Waals surface area (Å²) in [6, 6.07) is 1.05. The quantitative estimate of drug-likeness (QED) is 0.598. The Labute approximate surface area is 149 Å². The molecule has 2 aliphatic rings. The van der Waals surface area contributed by atoms with E-state index in [1.165, 1.54) is 0 Å². The molecule has 0 fully saturated rings. The lowest BCUT2D eigenvalue weighted by Crippen LogP contribution is -2.32. The minimum Gasteiger partial charge on any atom is -0.478 e. The van der Waals surface area contributed by atoms with Crippen LogP contribution in [0.2, 0.25) is 0 Å². The van der Waals surface area contributed by atoms with Crippen LogP contribution in [-0.4, -0.2) is 36.8 Å². The van der Waals surface area contributed by atoms with Gasteiger partial charge in [0.2, 0.25) is 6.43 Å². The van der Waals surface area contributed by atoms with Crippen LogP contribution < -0.4 is 5.32 Å². The van der Waals surface area contributed by atoms with Crippen LogP contribution in [0.1, 0.15) is 17.0 Å². The molecule has 0 aromatic heterocycles. The molecule has 0 radical (unpaired) electrons. The van der Waals surface area contributed by atoms with Gasteiger partial charge in [0, 0.05) is 12.5 Å². The van der Waals surface area contributed by atoms with E-state index in [0.29, 0.717) is 12.1 Å². The van der Waals surface area contributed by atoms with Gasteiger partial charge in [-0.25, -0.2) is 31.5 Å². The summed E-state index contributed by atoms with van der Waals surface area (Å²) in [4.78, 5) is 23.8. The minimum absolute atomic E-state index is 0.0234. The fraction of sp³-hybridized carbons (Fsp3) is 0.294. The number of carbonyl (C=O) groups excluding carboxylic acids is 1. The van der Waals surface area contributed by atoms with Gasteiger partial charge in [0.15, 0.2) is 0 Å². The number of halogens is 5. The van der Waals surface area contributed by atoms with Crippen LogP contribution in [0.3, 0.4) is 0 Å². The van der Waals surface area contributed by atoms with Crippen LogP contribution in [0.15, 0.2) is 34.7 Å². The average Bonchev–Trinajstić information content (AvgIpc) is 2.96. The Hall–Kier alpha value is -2.91. The molecule has 0 saturated heterocycles. The molecular weight excluding hydrogens is 377 g/mol. The Morgan fingerprint density at radius 2 is 2.04 bits per heavy atom. The summed E-state index contributed by atoms with van der Waals surface area (Å²) in [5.41, 5.74) is -2.56. The van der Waals surface area contributed by atoms with Crippen molar-refractivity contribution in [3.8, 4) is 0 Å². The van der Waals surface area contributed by atoms with Gasteiger partial charge in [-0.3, -0.25) is 0 Å². The molecule has 2 N–H and O–H groups in total. The molecule has 1 unspecified atom stereocenters. The highest BCUT2D eigenvalue weighted by atomic mass is 19.3. The second kappa shape index (κ2) is 7.01. The molecule has 0 saturated carbocycles. The summed E-state index contributed by atoms with van der Waals surface area (Å²) >= 11 is 0. The molecule has 27 heavy (non-hydrogen) atoms. The van der Waals surface area contributed by atoms with Gasteiger partial charge in [0.25, 0.3) is 0 Å². The van der Waals surface area contributed by atoms with Crippen molar-refractivity contribution in [1.29, 1.82) is 0 Å². The molecule has 1 aromatic rings. The Morgan fingerprint density at radius 3 is 2.63 bits per heavy atom. The summed E-state index contributed by atoms with van der Waals surface area (Å²) in [7, 11) is 0. The smallest absolute Gasteiger partial charge is 0.337 e. The number of benzene rings is 1. The number of nitrogens with one attached hydrogen (secondary N) is 1. The molecule has 5 nitrogen and oxygen atoms in total. The molecule has 0 bridgehead atoms. The normalized spacial score (nSPS) is 19.3. The fourth-order valence-corrected chi connectivity index (χ4v) is 3.30. The fourth-order valence-electron chi connectivity index (χ4n) is 3.30. The molecule has 1 atom stereocenters. The zero-order chi connectivity index (χ0) is 19.9. The molecular formula is C17H12F5NO4. The topological polar surface area (TPSA) is 75.6 Å². The number of carboxylic acids is 1. The van der Waals surface area contributed by atoms with Crippen molar-refractivity contribution in [2.45, 2.75) is 18.8 Å². The highest BCUT2D eigenvalue weighted by molar-refractivity contribution is 6.00. The molecule has 2 aliphatic heterocycles. The van der Waals surface area contributed by atoms with Crippen molar-refractivity contribution in [1.82, 2.24) is 5.32 Å². The third kappa shape index (κ3) is 3.26. The number of dihydropyridines is 1. The van der Waals surface area contributed by atoms with Crippen molar-refractivity contribution < 1.29 is 41.4 Å². The summed E-state index contributed by atoms with van der Waals surface area (Å²) in [5.74, 6) is -6.77. The molecule has 0 amide bonds. The maximum atomic E-state index is 14.2. The maximum absolute atomic E-state index is 14.2. The van der Waals surface area contributed by atoms with Crippen molar-refractivity contribution >= 4 is 11.9 Å². The number of cyclic esters (lactones) is 1. The predicted molar refractivity (Wildman–Crippen MR) is 80.6 cm³/mol. The largest absolute Gasteiger partial charge is 0.478 e. The summed E-state index contributed by atoms with van der Waals surface area (Å²) < 4.78 is 72.1. The van der Waals surface area contributed by atoms with Crippen molar-refractivity contribution in [3.63, 3.8) is 0 Å². The monoisotopic (exact) mass is 389 g/mol. The van der Waals surface area contributed by atoms with Gasteiger partial charge in [0.1, 0.15) is 24.9 Å². The Bertz CT molecular complexity index is 894. The Morgan fingerprint density at radius 1 is 1.33 bits per heavy atom. The second-order valence-corrected chi connectivity index (χ2v) is 5.91. The first-order valence-electron chi connectivity index (χ1n) is 7.70. The summed E-state index contributed by atoms with van der Waals surface area (Å²) in [6.07, 6.45) is -4.16. The van der Waals surface area contributed by atoms with Gasteiger partial charge in [-0.15, -0.1) is 0 Å². The number of hydrogen-bond acceptors (Lipinski definition) is 4. The van der Waals surface area contributed by atoms with E-state index < -0.39 is 71.4 Å². The summed E-state index contributed by atoms with van der Waals surface area (Å²) in [5, 5.41) is 12.0. The van der Waals surface area contributed by atoms with Crippen LogP contribution in [0.4, 0.5) is 22.0 Å². The van der Waals surface area contributed by atoms with Crippen LogP contribution >= 0.6 is 0 Å². The zero-order valence-corrected chi connectivity index (χ0v) is 13.5. The highest BCUT2D eigenvalue weighted by Crippen LogP contribution is 2.43. The molecule has 0 spiro atoms. The third-order valence-electron chi connectivity index (χ3n) is 4.33. The van der Waals surface area contributed by atoms with Crippen molar-refractivity contribution in [2.75, 3.05) is 13.3 Å². The Kier molecular flexibility index (Phi) is 4.90. The van der Waals surface area contributed by atoms with E-state index in [2.05, 4.69) is 5.32 Å².